The third-order valence-electron chi connectivity index (χ3n) is 4.33. The fourth-order valence-corrected chi connectivity index (χ4v) is 3.61. The molecule has 1 aromatic heterocycles. The average Bonchev–Trinajstić information content (AvgIpc) is 3.13. The highest BCUT2D eigenvalue weighted by molar-refractivity contribution is 7.16. The molecule has 3 aromatic carbocycles. The van der Waals surface area contributed by atoms with E-state index in [-0.39, 0.29) is 17.0 Å². The molecule has 0 saturated carbocycles. The largest absolute Gasteiger partial charge is 0.497 e. The van der Waals surface area contributed by atoms with Gasteiger partial charge in [0.25, 0.3) is 5.69 Å². The summed E-state index contributed by atoms with van der Waals surface area (Å²) >= 11 is 0.898. The first-order valence-corrected chi connectivity index (χ1v) is 9.45. The van der Waals surface area contributed by atoms with E-state index in [1.54, 1.807) is 43.5 Å². The number of esters is 1. The molecular weight excluding hydrogens is 410 g/mol. The minimum atomic E-state index is -0.680. The highest BCUT2D eigenvalue weighted by atomic mass is 32.1. The van der Waals surface area contributed by atoms with Crippen molar-refractivity contribution in [3.63, 3.8) is 0 Å². The normalized spacial score (nSPS) is 10.7. The van der Waals surface area contributed by atoms with Gasteiger partial charge in [-0.05, 0) is 35.9 Å². The van der Waals surface area contributed by atoms with Crippen molar-refractivity contribution >= 4 is 33.3 Å². The van der Waals surface area contributed by atoms with Gasteiger partial charge in [0.05, 0.1) is 22.3 Å². The molecule has 0 unspecified atom stereocenters. The van der Waals surface area contributed by atoms with Crippen LogP contribution >= 0.6 is 11.3 Å². The lowest BCUT2D eigenvalue weighted by Gasteiger charge is -2.08. The van der Waals surface area contributed by atoms with Gasteiger partial charge in [0.2, 0.25) is 0 Å². The number of hydrogen-bond donors (Lipinski definition) is 0. The Morgan fingerprint density at radius 1 is 1.03 bits per heavy atom. The van der Waals surface area contributed by atoms with E-state index in [0.29, 0.717) is 21.6 Å². The molecule has 0 aliphatic carbocycles. The molecule has 0 amide bonds. The number of methoxy groups -OCH3 is 1. The quantitative estimate of drug-likeness (QED) is 0.199. The SMILES string of the molecule is COc1ccc(-c2cc(OC(=O)c3ccc([N+](=O)[O-])cc3)cc3sc(=O)oc23)cc1. The van der Waals surface area contributed by atoms with Crippen LogP contribution in [-0.4, -0.2) is 18.0 Å². The van der Waals surface area contributed by atoms with Crippen LogP contribution in [-0.2, 0) is 0 Å². The number of benzene rings is 3. The van der Waals surface area contributed by atoms with Crippen LogP contribution in [0.5, 0.6) is 11.5 Å². The Morgan fingerprint density at radius 2 is 1.73 bits per heavy atom. The van der Waals surface area contributed by atoms with E-state index in [9.17, 15) is 19.7 Å². The van der Waals surface area contributed by atoms with Crippen LogP contribution in [0.15, 0.2) is 69.9 Å². The predicted octanol–water partition coefficient (Wildman–Crippen LogP) is 4.66. The van der Waals surface area contributed by atoms with Crippen molar-refractivity contribution in [2.75, 3.05) is 7.11 Å². The van der Waals surface area contributed by atoms with Gasteiger partial charge in [-0.2, -0.15) is 0 Å². The Hall–Kier alpha value is -3.98. The molecule has 0 fully saturated rings. The highest BCUT2D eigenvalue weighted by Gasteiger charge is 2.16. The van der Waals surface area contributed by atoms with Gasteiger partial charge in [-0.3, -0.25) is 10.1 Å². The minimum absolute atomic E-state index is 0.127. The van der Waals surface area contributed by atoms with Crippen molar-refractivity contribution in [2.24, 2.45) is 0 Å². The molecule has 0 aliphatic heterocycles. The molecule has 0 atom stereocenters. The fraction of sp³-hybridized carbons (Fsp3) is 0.0476. The van der Waals surface area contributed by atoms with Crippen molar-refractivity contribution in [1.29, 1.82) is 0 Å². The zero-order valence-corrected chi connectivity index (χ0v) is 16.3. The number of nitro groups is 1. The number of non-ortho nitro benzene ring substituents is 1. The summed E-state index contributed by atoms with van der Waals surface area (Å²) in [4.78, 5) is 34.0. The van der Waals surface area contributed by atoms with Gasteiger partial charge in [0.15, 0.2) is 5.58 Å². The molecule has 30 heavy (non-hydrogen) atoms. The maximum atomic E-state index is 12.5. The smallest absolute Gasteiger partial charge is 0.396 e. The van der Waals surface area contributed by atoms with Crippen molar-refractivity contribution in [1.82, 2.24) is 0 Å². The average molecular weight is 423 g/mol. The number of carbonyl (C=O) groups excluding carboxylic acids is 1. The lowest BCUT2D eigenvalue weighted by atomic mass is 10.0. The van der Waals surface area contributed by atoms with Gasteiger partial charge in [-0.25, -0.2) is 9.59 Å². The molecule has 0 saturated heterocycles. The number of nitro benzene ring substituents is 1. The summed E-state index contributed by atoms with van der Waals surface area (Å²) in [7, 11) is 1.56. The summed E-state index contributed by atoms with van der Waals surface area (Å²) in [6.45, 7) is 0. The van der Waals surface area contributed by atoms with E-state index < -0.39 is 15.8 Å². The van der Waals surface area contributed by atoms with E-state index in [2.05, 4.69) is 0 Å². The lowest BCUT2D eigenvalue weighted by Crippen LogP contribution is -2.08. The van der Waals surface area contributed by atoms with Crippen molar-refractivity contribution < 1.29 is 23.6 Å². The van der Waals surface area contributed by atoms with E-state index in [1.807, 2.05) is 0 Å². The van der Waals surface area contributed by atoms with Crippen molar-refractivity contribution in [3.05, 3.63) is 86.1 Å². The third kappa shape index (κ3) is 3.78. The Balaban J connectivity index is 1.71. The summed E-state index contributed by atoms with van der Waals surface area (Å²) in [5.74, 6) is 0.206. The molecule has 150 valence electrons. The minimum Gasteiger partial charge on any atom is -0.497 e. The zero-order chi connectivity index (χ0) is 21.3. The van der Waals surface area contributed by atoms with Crippen LogP contribution in [0.2, 0.25) is 0 Å². The molecular formula is C21H13NO7S. The van der Waals surface area contributed by atoms with Crippen LogP contribution in [0.4, 0.5) is 5.69 Å². The second-order valence-corrected chi connectivity index (χ2v) is 7.15. The van der Waals surface area contributed by atoms with Crippen LogP contribution in [0.1, 0.15) is 10.4 Å². The first-order valence-electron chi connectivity index (χ1n) is 8.63. The molecule has 8 nitrogen and oxygen atoms in total. The second kappa shape index (κ2) is 7.80. The first-order chi connectivity index (χ1) is 14.4. The van der Waals surface area contributed by atoms with Crippen LogP contribution in [0, 0.1) is 10.1 Å². The molecule has 0 radical (unpaired) electrons. The van der Waals surface area contributed by atoms with Gasteiger partial charge < -0.3 is 13.9 Å². The fourth-order valence-electron chi connectivity index (χ4n) is 2.88. The Morgan fingerprint density at radius 3 is 2.37 bits per heavy atom. The topological polar surface area (TPSA) is 109 Å². The van der Waals surface area contributed by atoms with Gasteiger partial charge in [0, 0.05) is 23.8 Å². The van der Waals surface area contributed by atoms with Gasteiger partial charge in [-0.1, -0.05) is 23.5 Å². The summed E-state index contributed by atoms with van der Waals surface area (Å²) in [6, 6.07) is 15.4. The Bertz CT molecular complexity index is 1300. The Kier molecular flexibility index (Phi) is 5.03. The second-order valence-electron chi connectivity index (χ2n) is 6.17. The molecule has 1 heterocycles. The molecule has 4 rings (SSSR count). The number of fused-ring (bicyclic) bond motifs is 1. The highest BCUT2D eigenvalue weighted by Crippen LogP contribution is 2.35. The van der Waals surface area contributed by atoms with E-state index in [1.165, 1.54) is 24.3 Å². The number of rotatable bonds is 5. The van der Waals surface area contributed by atoms with Crippen molar-refractivity contribution in [2.45, 2.75) is 0 Å². The number of hydrogen-bond acceptors (Lipinski definition) is 8. The molecule has 9 heteroatoms. The third-order valence-corrected chi connectivity index (χ3v) is 5.11. The summed E-state index contributed by atoms with van der Waals surface area (Å²) in [5.41, 5.74) is 1.76. The maximum absolute atomic E-state index is 12.5. The summed E-state index contributed by atoms with van der Waals surface area (Å²) in [5, 5.41) is 10.8. The molecule has 4 aromatic rings. The van der Waals surface area contributed by atoms with Gasteiger partial charge >= 0.3 is 10.9 Å². The van der Waals surface area contributed by atoms with Crippen LogP contribution in [0.25, 0.3) is 21.4 Å². The van der Waals surface area contributed by atoms with Crippen molar-refractivity contribution in [3.8, 4) is 22.6 Å². The van der Waals surface area contributed by atoms with Crippen LogP contribution in [0.3, 0.4) is 0 Å². The zero-order valence-electron chi connectivity index (χ0n) is 15.5. The lowest BCUT2D eigenvalue weighted by molar-refractivity contribution is -0.384. The van der Waals surface area contributed by atoms with E-state index in [0.717, 1.165) is 16.9 Å². The number of nitrogens with zero attached hydrogens (tertiary/aromatic N) is 1. The van der Waals surface area contributed by atoms with E-state index >= 15 is 0 Å². The van der Waals surface area contributed by atoms with E-state index in [4.69, 9.17) is 13.9 Å². The molecule has 0 aliphatic rings. The molecule has 0 bridgehead atoms. The summed E-state index contributed by atoms with van der Waals surface area (Å²) < 4.78 is 16.5. The number of ether oxygens (including phenoxy) is 2. The Labute approximate surface area is 173 Å². The van der Waals surface area contributed by atoms with Gasteiger partial charge in [-0.15, -0.1) is 0 Å². The van der Waals surface area contributed by atoms with Crippen LogP contribution < -0.4 is 14.4 Å². The maximum Gasteiger partial charge on any atom is 0.396 e. The standard InChI is InChI=1S/C21H13NO7S/c1-27-15-8-4-12(5-9-15)17-10-16(11-18-19(17)29-21(24)30-18)28-20(23)13-2-6-14(7-3-13)22(25)26/h2-11H,1H3. The molecule has 0 N–H and O–H groups in total. The summed E-state index contributed by atoms with van der Waals surface area (Å²) in [6.07, 6.45) is 0. The number of carbonyl (C=O) groups is 1. The first kappa shape index (κ1) is 19.3. The monoisotopic (exact) mass is 423 g/mol. The molecule has 0 spiro atoms. The predicted molar refractivity (Wildman–Crippen MR) is 110 cm³/mol. The van der Waals surface area contributed by atoms with Gasteiger partial charge in [0.1, 0.15) is 11.5 Å².